The van der Waals surface area contributed by atoms with Gasteiger partial charge in [-0.05, 0) is 19.8 Å². The lowest BCUT2D eigenvalue weighted by molar-refractivity contribution is 0.120. The number of aliphatic hydroxyl groups is 2. The van der Waals surface area contributed by atoms with Crippen molar-refractivity contribution < 1.29 is 10.2 Å². The van der Waals surface area contributed by atoms with Crippen LogP contribution >= 0.6 is 0 Å². The minimum atomic E-state index is -0.435. The van der Waals surface area contributed by atoms with Crippen LogP contribution in [0, 0.1) is 0 Å². The van der Waals surface area contributed by atoms with E-state index >= 15 is 0 Å². The monoisotopic (exact) mass is 133 g/mol. The lowest BCUT2D eigenvalue weighted by Gasteiger charge is -2.10. The highest BCUT2D eigenvalue weighted by atomic mass is 16.3. The maximum Gasteiger partial charge on any atom is 0.0576 e. The molecule has 0 aliphatic rings. The number of aliphatic hydroxyl groups excluding tert-OH is 2. The van der Waals surface area contributed by atoms with Crippen LogP contribution in [-0.4, -0.2) is 29.0 Å². The van der Waals surface area contributed by atoms with Gasteiger partial charge in [-0.15, -0.1) is 0 Å². The first-order valence-electron chi connectivity index (χ1n) is 3.21. The van der Waals surface area contributed by atoms with E-state index in [1.807, 2.05) is 6.92 Å². The first kappa shape index (κ1) is 8.88. The van der Waals surface area contributed by atoms with E-state index in [-0.39, 0.29) is 12.6 Å². The fourth-order valence-corrected chi connectivity index (χ4v) is 0.696. The fraction of sp³-hybridized carbons (Fsp3) is 1.00. The quantitative estimate of drug-likeness (QED) is 0.483. The lowest BCUT2D eigenvalue weighted by Crippen LogP contribution is -2.23. The Hall–Kier alpha value is -0.120. The molecule has 0 aromatic rings. The predicted octanol–water partition coefficient (Wildman–Crippen LogP) is -0.533. The standard InChI is InChI=1S/C6H15NO2/c1-5(7)4-6(9)2-3-8/h5-6,8-9H,2-4,7H2,1H3. The molecule has 0 aromatic heterocycles. The van der Waals surface area contributed by atoms with Crippen LogP contribution < -0.4 is 5.73 Å². The van der Waals surface area contributed by atoms with E-state index in [1.54, 1.807) is 0 Å². The molecule has 3 nitrogen and oxygen atoms in total. The molecule has 2 unspecified atom stereocenters. The van der Waals surface area contributed by atoms with Crippen molar-refractivity contribution in [3.63, 3.8) is 0 Å². The molecule has 0 bridgehead atoms. The third-order valence-corrected chi connectivity index (χ3v) is 1.11. The molecule has 2 atom stereocenters. The Bertz CT molecular complexity index is 66.1. The predicted molar refractivity (Wildman–Crippen MR) is 36.0 cm³/mol. The van der Waals surface area contributed by atoms with Crippen LogP contribution in [0.1, 0.15) is 19.8 Å². The van der Waals surface area contributed by atoms with Gasteiger partial charge in [0.1, 0.15) is 0 Å². The van der Waals surface area contributed by atoms with E-state index in [0.717, 1.165) is 0 Å². The molecule has 0 fully saturated rings. The molecule has 0 rings (SSSR count). The molecular weight excluding hydrogens is 118 g/mol. The number of hydrogen-bond donors (Lipinski definition) is 3. The van der Waals surface area contributed by atoms with Gasteiger partial charge in [-0.25, -0.2) is 0 Å². The molecule has 0 aromatic carbocycles. The third-order valence-electron chi connectivity index (χ3n) is 1.11. The van der Waals surface area contributed by atoms with Crippen LogP contribution in [0.15, 0.2) is 0 Å². The van der Waals surface area contributed by atoms with Crippen LogP contribution in [0.4, 0.5) is 0 Å². The van der Waals surface area contributed by atoms with Crippen molar-refractivity contribution in [2.75, 3.05) is 6.61 Å². The van der Waals surface area contributed by atoms with Gasteiger partial charge in [-0.1, -0.05) is 0 Å². The molecule has 0 heterocycles. The Morgan fingerprint density at radius 2 is 2.11 bits per heavy atom. The summed E-state index contributed by atoms with van der Waals surface area (Å²) in [6.07, 6.45) is 0.567. The molecule has 3 heteroatoms. The average Bonchev–Trinajstić information content (AvgIpc) is 1.63. The Morgan fingerprint density at radius 3 is 2.44 bits per heavy atom. The molecule has 4 N–H and O–H groups in total. The van der Waals surface area contributed by atoms with Crippen molar-refractivity contribution >= 4 is 0 Å². The van der Waals surface area contributed by atoms with E-state index < -0.39 is 6.10 Å². The third kappa shape index (κ3) is 5.76. The number of hydrogen-bond acceptors (Lipinski definition) is 3. The molecule has 0 saturated heterocycles. The summed E-state index contributed by atoms with van der Waals surface area (Å²) in [6, 6.07) is 0.0200. The van der Waals surface area contributed by atoms with Crippen LogP contribution in [-0.2, 0) is 0 Å². The number of rotatable bonds is 4. The molecule has 56 valence electrons. The number of nitrogens with two attached hydrogens (primary N) is 1. The van der Waals surface area contributed by atoms with Gasteiger partial charge < -0.3 is 15.9 Å². The Balaban J connectivity index is 3.15. The second-order valence-corrected chi connectivity index (χ2v) is 2.38. The zero-order chi connectivity index (χ0) is 7.28. The first-order valence-corrected chi connectivity index (χ1v) is 3.21. The summed E-state index contributed by atoms with van der Waals surface area (Å²) in [6.45, 7) is 1.87. The highest BCUT2D eigenvalue weighted by Gasteiger charge is 2.04. The summed E-state index contributed by atoms with van der Waals surface area (Å²) in [5, 5.41) is 17.3. The van der Waals surface area contributed by atoms with Crippen LogP contribution in [0.2, 0.25) is 0 Å². The molecule has 9 heavy (non-hydrogen) atoms. The van der Waals surface area contributed by atoms with Crippen molar-refractivity contribution in [2.45, 2.75) is 31.9 Å². The van der Waals surface area contributed by atoms with E-state index in [9.17, 15) is 0 Å². The van der Waals surface area contributed by atoms with Gasteiger partial charge in [0.05, 0.1) is 6.10 Å². The summed E-state index contributed by atoms with van der Waals surface area (Å²) in [4.78, 5) is 0. The summed E-state index contributed by atoms with van der Waals surface area (Å²) in [5.41, 5.74) is 5.38. The molecule has 0 spiro atoms. The zero-order valence-corrected chi connectivity index (χ0v) is 5.75. The van der Waals surface area contributed by atoms with Crippen LogP contribution in [0.25, 0.3) is 0 Å². The van der Waals surface area contributed by atoms with Crippen molar-refractivity contribution in [3.05, 3.63) is 0 Å². The topological polar surface area (TPSA) is 66.5 Å². The first-order chi connectivity index (χ1) is 4.16. The van der Waals surface area contributed by atoms with Gasteiger partial charge in [0.15, 0.2) is 0 Å². The Labute approximate surface area is 55.5 Å². The van der Waals surface area contributed by atoms with Gasteiger partial charge in [0, 0.05) is 12.6 Å². The van der Waals surface area contributed by atoms with Gasteiger partial charge in [-0.3, -0.25) is 0 Å². The summed E-state index contributed by atoms with van der Waals surface area (Å²) in [5.74, 6) is 0. The fourth-order valence-electron chi connectivity index (χ4n) is 0.696. The summed E-state index contributed by atoms with van der Waals surface area (Å²) in [7, 11) is 0. The molecule has 0 radical (unpaired) electrons. The normalized spacial score (nSPS) is 17.3. The second kappa shape index (κ2) is 4.73. The van der Waals surface area contributed by atoms with E-state index in [0.29, 0.717) is 12.8 Å². The Kier molecular flexibility index (Phi) is 4.67. The summed E-state index contributed by atoms with van der Waals surface area (Å²) < 4.78 is 0. The minimum Gasteiger partial charge on any atom is -0.396 e. The summed E-state index contributed by atoms with van der Waals surface area (Å²) >= 11 is 0. The molecule has 0 aliphatic heterocycles. The maximum atomic E-state index is 8.98. The SMILES string of the molecule is CC(N)CC(O)CCO. The zero-order valence-electron chi connectivity index (χ0n) is 5.75. The van der Waals surface area contributed by atoms with Crippen LogP contribution in [0.3, 0.4) is 0 Å². The van der Waals surface area contributed by atoms with Crippen LogP contribution in [0.5, 0.6) is 0 Å². The molecular formula is C6H15NO2. The highest BCUT2D eigenvalue weighted by Crippen LogP contribution is 1.98. The van der Waals surface area contributed by atoms with Crippen molar-refractivity contribution in [3.8, 4) is 0 Å². The van der Waals surface area contributed by atoms with Gasteiger partial charge in [-0.2, -0.15) is 0 Å². The molecule has 0 saturated carbocycles. The average molecular weight is 133 g/mol. The maximum absolute atomic E-state index is 8.98. The lowest BCUT2D eigenvalue weighted by atomic mass is 10.1. The van der Waals surface area contributed by atoms with Crippen molar-refractivity contribution in [1.29, 1.82) is 0 Å². The molecule has 0 amide bonds. The Morgan fingerprint density at radius 1 is 1.56 bits per heavy atom. The smallest absolute Gasteiger partial charge is 0.0576 e. The molecule has 0 aliphatic carbocycles. The van der Waals surface area contributed by atoms with E-state index in [4.69, 9.17) is 15.9 Å². The highest BCUT2D eigenvalue weighted by molar-refractivity contribution is 4.61. The largest absolute Gasteiger partial charge is 0.396 e. The minimum absolute atomic E-state index is 0.0200. The van der Waals surface area contributed by atoms with Gasteiger partial charge in [0.2, 0.25) is 0 Å². The van der Waals surface area contributed by atoms with E-state index in [1.165, 1.54) is 0 Å². The van der Waals surface area contributed by atoms with Crippen molar-refractivity contribution in [1.82, 2.24) is 0 Å². The van der Waals surface area contributed by atoms with Crippen molar-refractivity contribution in [2.24, 2.45) is 5.73 Å². The van der Waals surface area contributed by atoms with E-state index in [2.05, 4.69) is 0 Å². The van der Waals surface area contributed by atoms with Gasteiger partial charge >= 0.3 is 0 Å². The van der Waals surface area contributed by atoms with Gasteiger partial charge in [0.25, 0.3) is 0 Å². The second-order valence-electron chi connectivity index (χ2n) is 2.38.